The van der Waals surface area contributed by atoms with Gasteiger partial charge in [-0.1, -0.05) is 39.0 Å². The molecule has 0 heterocycles. The highest BCUT2D eigenvalue weighted by Crippen LogP contribution is 2.22. The molecule has 1 rings (SSSR count). The van der Waals surface area contributed by atoms with E-state index in [-0.39, 0.29) is 0 Å². The molecule has 20 heavy (non-hydrogen) atoms. The monoisotopic (exact) mass is 312 g/mol. The predicted molar refractivity (Wildman–Crippen MR) is 92.6 cm³/mol. The van der Waals surface area contributed by atoms with Crippen LogP contribution in [0.15, 0.2) is 24.3 Å². The summed E-state index contributed by atoms with van der Waals surface area (Å²) >= 11 is 7.19. The predicted octanol–water partition coefficient (Wildman–Crippen LogP) is 3.19. The SMILES string of the molecule is COc1ccccc1CNC(=S)NCCSC(C)(C)C. The fraction of sp³-hybridized carbons (Fsp3) is 0.533. The lowest BCUT2D eigenvalue weighted by molar-refractivity contribution is 0.409. The number of thioether (sulfide) groups is 1. The first kappa shape index (κ1) is 17.1. The molecule has 0 atom stereocenters. The van der Waals surface area contributed by atoms with Crippen molar-refractivity contribution >= 4 is 29.1 Å². The van der Waals surface area contributed by atoms with Crippen molar-refractivity contribution in [2.24, 2.45) is 0 Å². The fourth-order valence-corrected chi connectivity index (χ4v) is 2.60. The number of hydrogen-bond acceptors (Lipinski definition) is 3. The van der Waals surface area contributed by atoms with Crippen LogP contribution in [0, 0.1) is 0 Å². The van der Waals surface area contributed by atoms with Crippen LogP contribution in [-0.2, 0) is 6.54 Å². The second-order valence-electron chi connectivity index (χ2n) is 5.38. The third-order valence-corrected chi connectivity index (χ3v) is 4.12. The van der Waals surface area contributed by atoms with E-state index in [4.69, 9.17) is 17.0 Å². The summed E-state index contributed by atoms with van der Waals surface area (Å²) in [6.45, 7) is 8.20. The van der Waals surface area contributed by atoms with Gasteiger partial charge >= 0.3 is 0 Å². The quantitative estimate of drug-likeness (QED) is 0.623. The Morgan fingerprint density at radius 3 is 2.60 bits per heavy atom. The van der Waals surface area contributed by atoms with E-state index in [0.717, 1.165) is 23.6 Å². The molecule has 2 N–H and O–H groups in total. The molecule has 0 unspecified atom stereocenters. The van der Waals surface area contributed by atoms with E-state index >= 15 is 0 Å². The first-order valence-corrected chi connectivity index (χ1v) is 8.09. The molecule has 5 heteroatoms. The Morgan fingerprint density at radius 1 is 1.25 bits per heavy atom. The van der Waals surface area contributed by atoms with Crippen molar-refractivity contribution in [1.82, 2.24) is 10.6 Å². The highest BCUT2D eigenvalue weighted by molar-refractivity contribution is 8.00. The Balaban J connectivity index is 2.26. The standard InChI is InChI=1S/C15H24N2OS2/c1-15(2,3)20-10-9-16-14(19)17-11-12-7-5-6-8-13(12)18-4/h5-8H,9-11H2,1-4H3,(H2,16,17,19). The van der Waals surface area contributed by atoms with Gasteiger partial charge in [-0.2, -0.15) is 11.8 Å². The summed E-state index contributed by atoms with van der Waals surface area (Å²) in [4.78, 5) is 0. The molecule has 1 aromatic carbocycles. The minimum atomic E-state index is 0.300. The van der Waals surface area contributed by atoms with E-state index in [9.17, 15) is 0 Å². The summed E-state index contributed by atoms with van der Waals surface area (Å²) in [5, 5.41) is 7.11. The summed E-state index contributed by atoms with van der Waals surface area (Å²) < 4.78 is 5.61. The van der Waals surface area contributed by atoms with Crippen LogP contribution in [0.25, 0.3) is 0 Å². The summed E-state index contributed by atoms with van der Waals surface area (Å²) in [5.41, 5.74) is 1.10. The molecule has 0 aliphatic heterocycles. The van der Waals surface area contributed by atoms with E-state index < -0.39 is 0 Å². The molecule has 0 saturated carbocycles. The molecule has 0 amide bonds. The van der Waals surface area contributed by atoms with Crippen LogP contribution in [0.5, 0.6) is 5.75 Å². The van der Waals surface area contributed by atoms with Crippen molar-refractivity contribution in [3.63, 3.8) is 0 Å². The van der Waals surface area contributed by atoms with Gasteiger partial charge in [0.1, 0.15) is 5.75 Å². The van der Waals surface area contributed by atoms with E-state index in [1.54, 1.807) is 7.11 Å². The second kappa shape index (κ2) is 8.37. The number of para-hydroxylation sites is 1. The Kier molecular flexibility index (Phi) is 7.16. The molecule has 0 aliphatic carbocycles. The number of nitrogens with one attached hydrogen (secondary N) is 2. The zero-order valence-electron chi connectivity index (χ0n) is 12.7. The van der Waals surface area contributed by atoms with E-state index in [1.807, 2.05) is 36.0 Å². The third kappa shape index (κ3) is 7.01. The topological polar surface area (TPSA) is 33.3 Å². The van der Waals surface area contributed by atoms with Gasteiger partial charge < -0.3 is 15.4 Å². The van der Waals surface area contributed by atoms with Crippen LogP contribution in [0.3, 0.4) is 0 Å². The summed E-state index contributed by atoms with van der Waals surface area (Å²) in [6, 6.07) is 7.94. The molecule has 0 spiro atoms. The van der Waals surface area contributed by atoms with Crippen LogP contribution in [-0.4, -0.2) is 29.3 Å². The molecule has 0 fully saturated rings. The van der Waals surface area contributed by atoms with Crippen molar-refractivity contribution < 1.29 is 4.74 Å². The number of benzene rings is 1. The Labute approximate surface area is 131 Å². The van der Waals surface area contributed by atoms with E-state index in [2.05, 4.69) is 31.4 Å². The average molecular weight is 313 g/mol. The zero-order chi connectivity index (χ0) is 15.0. The van der Waals surface area contributed by atoms with Crippen LogP contribution < -0.4 is 15.4 Å². The zero-order valence-corrected chi connectivity index (χ0v) is 14.3. The smallest absolute Gasteiger partial charge is 0.166 e. The molecule has 1 aromatic rings. The molecule has 0 radical (unpaired) electrons. The molecule has 0 aromatic heterocycles. The number of methoxy groups -OCH3 is 1. The first-order valence-electron chi connectivity index (χ1n) is 6.70. The number of hydrogen-bond donors (Lipinski definition) is 2. The summed E-state index contributed by atoms with van der Waals surface area (Å²) in [5.74, 6) is 1.92. The van der Waals surface area contributed by atoms with Crippen molar-refractivity contribution in [3.8, 4) is 5.75 Å². The molecular formula is C15H24N2OS2. The maximum atomic E-state index is 5.31. The molecule has 0 aliphatic rings. The molecule has 3 nitrogen and oxygen atoms in total. The second-order valence-corrected chi connectivity index (χ2v) is 7.71. The molecular weight excluding hydrogens is 288 g/mol. The van der Waals surface area contributed by atoms with Crippen molar-refractivity contribution in [2.75, 3.05) is 19.4 Å². The largest absolute Gasteiger partial charge is 0.496 e. The van der Waals surface area contributed by atoms with Gasteiger partial charge in [-0.25, -0.2) is 0 Å². The highest BCUT2D eigenvalue weighted by atomic mass is 32.2. The van der Waals surface area contributed by atoms with Crippen molar-refractivity contribution in [2.45, 2.75) is 32.1 Å². The van der Waals surface area contributed by atoms with Gasteiger partial charge in [0.15, 0.2) is 5.11 Å². The Bertz CT molecular complexity index is 430. The fourth-order valence-electron chi connectivity index (χ4n) is 1.61. The Hall–Kier alpha value is -0.940. The van der Waals surface area contributed by atoms with Crippen molar-refractivity contribution in [1.29, 1.82) is 0 Å². The maximum Gasteiger partial charge on any atom is 0.166 e. The minimum absolute atomic E-state index is 0.300. The minimum Gasteiger partial charge on any atom is -0.496 e. The maximum absolute atomic E-state index is 5.31. The van der Waals surface area contributed by atoms with Gasteiger partial charge in [-0.3, -0.25) is 0 Å². The Morgan fingerprint density at radius 2 is 1.95 bits per heavy atom. The van der Waals surface area contributed by atoms with Crippen LogP contribution in [0.1, 0.15) is 26.3 Å². The summed E-state index contributed by atoms with van der Waals surface area (Å²) in [7, 11) is 1.68. The van der Waals surface area contributed by atoms with Crippen LogP contribution >= 0.6 is 24.0 Å². The van der Waals surface area contributed by atoms with Crippen molar-refractivity contribution in [3.05, 3.63) is 29.8 Å². The van der Waals surface area contributed by atoms with Crippen LogP contribution in [0.4, 0.5) is 0 Å². The van der Waals surface area contributed by atoms with E-state index in [0.29, 0.717) is 16.4 Å². The average Bonchev–Trinajstić information content (AvgIpc) is 2.40. The van der Waals surface area contributed by atoms with Gasteiger partial charge in [-0.15, -0.1) is 0 Å². The summed E-state index contributed by atoms with van der Waals surface area (Å²) in [6.07, 6.45) is 0. The molecule has 0 bridgehead atoms. The first-order chi connectivity index (χ1) is 9.42. The number of ether oxygens (including phenoxy) is 1. The number of thiocarbonyl (C=S) groups is 1. The third-order valence-electron chi connectivity index (χ3n) is 2.55. The van der Waals surface area contributed by atoms with Gasteiger partial charge in [0, 0.05) is 29.2 Å². The van der Waals surface area contributed by atoms with Crippen LogP contribution in [0.2, 0.25) is 0 Å². The highest BCUT2D eigenvalue weighted by Gasteiger charge is 2.09. The number of rotatable bonds is 6. The lowest BCUT2D eigenvalue weighted by Crippen LogP contribution is -2.36. The van der Waals surface area contributed by atoms with Gasteiger partial charge in [0.2, 0.25) is 0 Å². The molecule has 112 valence electrons. The van der Waals surface area contributed by atoms with Gasteiger partial charge in [0.25, 0.3) is 0 Å². The lowest BCUT2D eigenvalue weighted by Gasteiger charge is -2.18. The van der Waals surface area contributed by atoms with E-state index in [1.165, 1.54) is 0 Å². The van der Waals surface area contributed by atoms with Gasteiger partial charge in [0.05, 0.1) is 7.11 Å². The van der Waals surface area contributed by atoms with Gasteiger partial charge in [-0.05, 0) is 18.3 Å². The molecule has 0 saturated heterocycles. The lowest BCUT2D eigenvalue weighted by atomic mass is 10.2. The normalized spacial score (nSPS) is 11.0.